The third-order valence-corrected chi connectivity index (χ3v) is 10.9. The summed E-state index contributed by atoms with van der Waals surface area (Å²) in [4.78, 5) is 25.6. The predicted octanol–water partition coefficient (Wildman–Crippen LogP) is 3.95. The number of anilines is 3. The first-order valence-electron chi connectivity index (χ1n) is 16.9. The van der Waals surface area contributed by atoms with Gasteiger partial charge in [-0.15, -0.1) is 0 Å². The van der Waals surface area contributed by atoms with Gasteiger partial charge in [-0.1, -0.05) is 0 Å². The van der Waals surface area contributed by atoms with Crippen LogP contribution in [0.5, 0.6) is 0 Å². The van der Waals surface area contributed by atoms with Crippen molar-refractivity contribution in [3.63, 3.8) is 0 Å². The lowest BCUT2D eigenvalue weighted by molar-refractivity contribution is -0.127. The van der Waals surface area contributed by atoms with Crippen molar-refractivity contribution in [1.29, 1.82) is 0 Å². The fourth-order valence-corrected chi connectivity index (χ4v) is 8.27. The number of methoxy groups -OCH3 is 1. The minimum absolute atomic E-state index is 0.0745. The summed E-state index contributed by atoms with van der Waals surface area (Å²) in [6, 6.07) is 5.77. The van der Waals surface area contributed by atoms with E-state index < -0.39 is 0 Å². The maximum Gasteiger partial charge on any atom is 0.193 e. The van der Waals surface area contributed by atoms with E-state index in [9.17, 15) is 4.79 Å². The molecule has 3 fully saturated rings. The van der Waals surface area contributed by atoms with E-state index in [0.717, 1.165) is 87.4 Å². The Morgan fingerprint density at radius 3 is 2.81 bits per heavy atom. The van der Waals surface area contributed by atoms with Crippen molar-refractivity contribution in [2.24, 2.45) is 5.41 Å². The van der Waals surface area contributed by atoms with Crippen LogP contribution in [0.3, 0.4) is 0 Å². The summed E-state index contributed by atoms with van der Waals surface area (Å²) in [5, 5.41) is 3.70. The topological polar surface area (TPSA) is 101 Å². The summed E-state index contributed by atoms with van der Waals surface area (Å²) in [6.45, 7) is 8.18. The summed E-state index contributed by atoms with van der Waals surface area (Å²) in [7, 11) is 1.69. The van der Waals surface area contributed by atoms with E-state index in [4.69, 9.17) is 15.2 Å². The van der Waals surface area contributed by atoms with Crippen molar-refractivity contribution in [2.75, 3.05) is 68.6 Å². The van der Waals surface area contributed by atoms with Gasteiger partial charge < -0.3 is 34.9 Å². The summed E-state index contributed by atoms with van der Waals surface area (Å²) in [5.74, 6) is 0.218. The summed E-state index contributed by atoms with van der Waals surface area (Å²) >= 11 is 0. The molecule has 8 rings (SSSR count). The van der Waals surface area contributed by atoms with Gasteiger partial charge in [-0.2, -0.15) is 0 Å². The number of rotatable bonds is 8. The van der Waals surface area contributed by atoms with E-state index in [1.165, 1.54) is 6.07 Å². The number of pyridine rings is 2. The van der Waals surface area contributed by atoms with Crippen LogP contribution < -0.4 is 26.3 Å². The minimum Gasteiger partial charge on any atom is -0.384 e. The first-order chi connectivity index (χ1) is 22.8. The average Bonchev–Trinajstić information content (AvgIpc) is 3.04. The SMILES string of the molecule is COC1C=C(CN(Cc2cn3c4c(c(N5CC6(COC6)C5)c(F)cc4c2=O)CCC3C)C2CCCN(c3ccc(N)nc3)C2)C=CN1. The Morgan fingerprint density at radius 1 is 1.21 bits per heavy atom. The van der Waals surface area contributed by atoms with Crippen molar-refractivity contribution in [2.45, 2.75) is 57.5 Å². The normalized spacial score (nSPS) is 24.7. The number of dihydropyridines is 1. The van der Waals surface area contributed by atoms with Crippen LogP contribution in [0.4, 0.5) is 21.6 Å². The van der Waals surface area contributed by atoms with Crippen molar-refractivity contribution in [3.8, 4) is 0 Å². The van der Waals surface area contributed by atoms with E-state index >= 15 is 4.39 Å². The van der Waals surface area contributed by atoms with E-state index in [2.05, 4.69) is 54.8 Å². The van der Waals surface area contributed by atoms with Crippen molar-refractivity contribution < 1.29 is 13.9 Å². The number of nitrogens with one attached hydrogen (secondary N) is 1. The molecule has 3 aromatic rings. The molecule has 1 aromatic carbocycles. The zero-order valence-corrected chi connectivity index (χ0v) is 27.3. The average molecular weight is 642 g/mol. The number of hydrogen-bond acceptors (Lipinski definition) is 9. The molecule has 3 saturated heterocycles. The zero-order valence-electron chi connectivity index (χ0n) is 27.3. The summed E-state index contributed by atoms with van der Waals surface area (Å²) in [5.41, 5.74) is 11.4. The number of ether oxygens (including phenoxy) is 2. The van der Waals surface area contributed by atoms with Gasteiger partial charge in [0.15, 0.2) is 5.43 Å². The first kappa shape index (κ1) is 30.4. The predicted molar refractivity (Wildman–Crippen MR) is 182 cm³/mol. The van der Waals surface area contributed by atoms with Gasteiger partial charge in [0.25, 0.3) is 0 Å². The highest BCUT2D eigenvalue weighted by Gasteiger charge is 2.50. The number of benzene rings is 1. The molecule has 248 valence electrons. The van der Waals surface area contributed by atoms with Gasteiger partial charge in [-0.05, 0) is 74.7 Å². The molecular weight excluding hydrogens is 597 g/mol. The van der Waals surface area contributed by atoms with Gasteiger partial charge >= 0.3 is 0 Å². The lowest BCUT2D eigenvalue weighted by atomic mass is 9.77. The molecule has 7 heterocycles. The fourth-order valence-electron chi connectivity index (χ4n) is 8.27. The van der Waals surface area contributed by atoms with Crippen molar-refractivity contribution >= 4 is 28.1 Å². The molecular formula is C36H44FN7O3. The second-order valence-corrected chi connectivity index (χ2v) is 14.2. The number of nitrogen functional groups attached to an aromatic ring is 1. The van der Waals surface area contributed by atoms with Gasteiger partial charge in [-0.3, -0.25) is 9.69 Å². The number of halogens is 1. The Hall–Kier alpha value is -3.93. The van der Waals surface area contributed by atoms with Gasteiger partial charge in [0.05, 0.1) is 41.7 Å². The molecule has 3 N–H and O–H groups in total. The maximum absolute atomic E-state index is 16.1. The molecule has 0 radical (unpaired) electrons. The lowest BCUT2D eigenvalue weighted by Gasteiger charge is -2.56. The van der Waals surface area contributed by atoms with E-state index in [1.54, 1.807) is 7.11 Å². The molecule has 2 aromatic heterocycles. The van der Waals surface area contributed by atoms with Crippen LogP contribution in [0.25, 0.3) is 10.9 Å². The Bertz CT molecular complexity index is 1790. The Balaban J connectivity index is 1.15. The Labute approximate surface area is 274 Å². The molecule has 0 amide bonds. The van der Waals surface area contributed by atoms with Crippen LogP contribution in [-0.2, 0) is 22.4 Å². The third kappa shape index (κ3) is 5.48. The second-order valence-electron chi connectivity index (χ2n) is 14.2. The fraction of sp³-hybridized carbons (Fsp3) is 0.500. The first-order valence-corrected chi connectivity index (χ1v) is 16.9. The van der Waals surface area contributed by atoms with Crippen LogP contribution in [0, 0.1) is 11.2 Å². The van der Waals surface area contributed by atoms with Crippen LogP contribution in [0.15, 0.2) is 59.3 Å². The Morgan fingerprint density at radius 2 is 2.06 bits per heavy atom. The van der Waals surface area contributed by atoms with Crippen molar-refractivity contribution in [3.05, 3.63) is 81.7 Å². The van der Waals surface area contributed by atoms with Gasteiger partial charge in [0.2, 0.25) is 0 Å². The van der Waals surface area contributed by atoms with Crippen LogP contribution in [0.2, 0.25) is 0 Å². The molecule has 47 heavy (non-hydrogen) atoms. The standard InChI is InChI=1S/C36H44FN7O3/c1-23-5-7-28-33-29(13-30(37)34(28)43-19-36(20-43)21-47-22-36)35(45)25(17-44(23)33)16-42(15-24-9-10-39-32(12-24)46-2)27-4-3-11-41(18-27)26-6-8-31(38)40-14-26/h6,8-10,12-14,17,23,27,32,39H,3-5,7,11,15-16,18-22H2,1-2H3,(H2,38,40). The quantitative estimate of drug-likeness (QED) is 0.379. The van der Waals surface area contributed by atoms with Crippen LogP contribution >= 0.6 is 0 Å². The number of nitrogens with zero attached hydrogens (tertiary/aromatic N) is 5. The number of hydrogen-bond donors (Lipinski definition) is 2. The molecule has 5 aliphatic heterocycles. The largest absolute Gasteiger partial charge is 0.384 e. The molecule has 0 bridgehead atoms. The highest BCUT2D eigenvalue weighted by atomic mass is 19.1. The molecule has 11 heteroatoms. The number of aromatic nitrogens is 2. The van der Waals surface area contributed by atoms with Gasteiger partial charge in [0.1, 0.15) is 17.9 Å². The molecule has 3 unspecified atom stereocenters. The van der Waals surface area contributed by atoms with Gasteiger partial charge in [0, 0.05) is 81.2 Å². The highest BCUT2D eigenvalue weighted by molar-refractivity contribution is 5.89. The van der Waals surface area contributed by atoms with Gasteiger partial charge in [-0.25, -0.2) is 9.37 Å². The smallest absolute Gasteiger partial charge is 0.193 e. The minimum atomic E-state index is -0.287. The molecule has 0 aliphatic carbocycles. The van der Waals surface area contributed by atoms with Crippen molar-refractivity contribution in [1.82, 2.24) is 19.8 Å². The Kier molecular flexibility index (Phi) is 7.73. The number of nitrogens with two attached hydrogens (primary N) is 1. The van der Waals surface area contributed by atoms with Crippen LogP contribution in [-0.4, -0.2) is 79.8 Å². The second kappa shape index (κ2) is 11.9. The van der Waals surface area contributed by atoms with Crippen LogP contribution in [0.1, 0.15) is 43.4 Å². The third-order valence-electron chi connectivity index (χ3n) is 10.9. The molecule has 5 aliphatic rings. The van der Waals surface area contributed by atoms with E-state index in [0.29, 0.717) is 35.5 Å². The number of aryl methyl sites for hydroxylation is 1. The molecule has 10 nitrogen and oxygen atoms in total. The zero-order chi connectivity index (χ0) is 32.3. The lowest BCUT2D eigenvalue weighted by Crippen LogP contribution is -2.66. The monoisotopic (exact) mass is 641 g/mol. The summed E-state index contributed by atoms with van der Waals surface area (Å²) < 4.78 is 29.3. The molecule has 3 atom stereocenters. The summed E-state index contributed by atoms with van der Waals surface area (Å²) in [6.07, 6.45) is 13.5. The van der Waals surface area contributed by atoms with E-state index in [1.807, 2.05) is 24.5 Å². The maximum atomic E-state index is 16.1. The molecule has 0 saturated carbocycles. The van der Waals surface area contributed by atoms with E-state index in [-0.39, 0.29) is 35.0 Å². The number of piperidine rings is 1. The highest BCUT2D eigenvalue weighted by Crippen LogP contribution is 2.45. The molecule has 1 spiro atoms.